The first-order chi connectivity index (χ1) is 11.6. The Morgan fingerprint density at radius 1 is 1.25 bits per heavy atom. The summed E-state index contributed by atoms with van der Waals surface area (Å²) in [4.78, 5) is 3.34. The van der Waals surface area contributed by atoms with Gasteiger partial charge in [0.15, 0.2) is 0 Å². The van der Waals surface area contributed by atoms with Crippen LogP contribution in [0.1, 0.15) is 30.6 Å². The van der Waals surface area contributed by atoms with Gasteiger partial charge in [-0.3, -0.25) is 4.90 Å². The van der Waals surface area contributed by atoms with Crippen molar-refractivity contribution in [3.8, 4) is 0 Å². The molecule has 0 saturated carbocycles. The number of β-amino-alcohol motifs (C(OH)–C–C–N with tert-alkyl or cyclic N) is 1. The minimum Gasteiger partial charge on any atom is -0.394 e. The lowest BCUT2D eigenvalue weighted by Crippen LogP contribution is -2.51. The van der Waals surface area contributed by atoms with E-state index in [9.17, 15) is 20.4 Å². The van der Waals surface area contributed by atoms with Gasteiger partial charge in [0.25, 0.3) is 0 Å². The summed E-state index contributed by atoms with van der Waals surface area (Å²) in [6.07, 6.45) is -0.493. The summed E-state index contributed by atoms with van der Waals surface area (Å²) < 4.78 is 5.55. The Hall–Kier alpha value is -0.540. The Balaban J connectivity index is 2.04. The largest absolute Gasteiger partial charge is 0.394 e. The van der Waals surface area contributed by atoms with E-state index < -0.39 is 31.0 Å². The third-order valence-electron chi connectivity index (χ3n) is 4.38. The smallest absolute Gasteiger partial charge is 0.114 e. The van der Waals surface area contributed by atoms with Crippen LogP contribution in [-0.4, -0.2) is 76.0 Å². The normalized spacial score (nSPS) is 29.6. The van der Waals surface area contributed by atoms with Crippen LogP contribution in [0.25, 0.3) is 0 Å². The van der Waals surface area contributed by atoms with Crippen molar-refractivity contribution in [2.24, 2.45) is 0 Å². The summed E-state index contributed by atoms with van der Waals surface area (Å²) in [5.41, 5.74) is 0. The van der Waals surface area contributed by atoms with E-state index in [0.717, 1.165) is 38.8 Å². The third kappa shape index (κ3) is 6.07. The average Bonchev–Trinajstić information content (AvgIpc) is 3.08. The van der Waals surface area contributed by atoms with Crippen LogP contribution in [0.4, 0.5) is 0 Å². The molecule has 1 fully saturated rings. The van der Waals surface area contributed by atoms with Crippen molar-refractivity contribution in [1.29, 1.82) is 0 Å². The van der Waals surface area contributed by atoms with E-state index in [0.29, 0.717) is 13.2 Å². The molecule has 1 aliphatic heterocycles. The van der Waals surface area contributed by atoms with Gasteiger partial charge < -0.3 is 25.2 Å². The fourth-order valence-electron chi connectivity index (χ4n) is 3.00. The molecule has 0 radical (unpaired) electrons. The maximum absolute atomic E-state index is 10.4. The lowest BCUT2D eigenvalue weighted by atomic mass is 10.0. The maximum atomic E-state index is 10.4. The second-order valence-electron chi connectivity index (χ2n) is 6.37. The van der Waals surface area contributed by atoms with E-state index >= 15 is 0 Å². The Kier molecular flexibility index (Phi) is 8.61. The van der Waals surface area contributed by atoms with Crippen LogP contribution in [0, 0.1) is 0 Å². The maximum Gasteiger partial charge on any atom is 0.114 e. The Bertz CT molecular complexity index is 444. The van der Waals surface area contributed by atoms with E-state index in [1.807, 2.05) is 11.4 Å². The molecule has 1 saturated heterocycles. The number of aliphatic hydroxyl groups excluding tert-OH is 4. The minimum atomic E-state index is -1.24. The summed E-state index contributed by atoms with van der Waals surface area (Å²) in [6.45, 7) is 1.79. The van der Waals surface area contributed by atoms with Crippen LogP contribution in [0.2, 0.25) is 0 Å². The molecule has 4 N–H and O–H groups in total. The van der Waals surface area contributed by atoms with E-state index in [1.165, 1.54) is 4.88 Å². The molecule has 1 aromatic heterocycles. The monoisotopic (exact) mass is 359 g/mol. The number of aliphatic hydroxyl groups is 4. The van der Waals surface area contributed by atoms with Crippen molar-refractivity contribution < 1.29 is 25.2 Å². The van der Waals surface area contributed by atoms with Crippen LogP contribution in [0.5, 0.6) is 0 Å². The molecule has 138 valence electrons. The minimum absolute atomic E-state index is 0.303. The second-order valence-corrected chi connectivity index (χ2v) is 7.40. The van der Waals surface area contributed by atoms with E-state index in [1.54, 1.807) is 11.3 Å². The summed E-state index contributed by atoms with van der Waals surface area (Å²) in [5, 5.41) is 41.9. The van der Waals surface area contributed by atoms with Crippen molar-refractivity contribution in [2.45, 2.75) is 56.6 Å². The first kappa shape index (κ1) is 19.8. The molecule has 6 nitrogen and oxygen atoms in total. The van der Waals surface area contributed by atoms with Gasteiger partial charge in [-0.15, -0.1) is 11.3 Å². The molecule has 0 amide bonds. The van der Waals surface area contributed by atoms with Crippen LogP contribution in [-0.2, 0) is 11.3 Å². The van der Waals surface area contributed by atoms with Crippen molar-refractivity contribution in [1.82, 2.24) is 4.90 Å². The topological polar surface area (TPSA) is 93.4 Å². The van der Waals surface area contributed by atoms with Crippen molar-refractivity contribution in [3.63, 3.8) is 0 Å². The van der Waals surface area contributed by atoms with Crippen molar-refractivity contribution in [3.05, 3.63) is 22.4 Å². The van der Waals surface area contributed by atoms with Crippen LogP contribution < -0.4 is 0 Å². The molecule has 2 heterocycles. The lowest BCUT2D eigenvalue weighted by molar-refractivity contribution is -0.147. The van der Waals surface area contributed by atoms with Crippen molar-refractivity contribution >= 4 is 11.3 Å². The number of thiophene rings is 1. The highest BCUT2D eigenvalue weighted by Gasteiger charge is 2.33. The van der Waals surface area contributed by atoms with E-state index in [-0.39, 0.29) is 0 Å². The van der Waals surface area contributed by atoms with Gasteiger partial charge >= 0.3 is 0 Å². The van der Waals surface area contributed by atoms with Crippen molar-refractivity contribution in [2.75, 3.05) is 26.3 Å². The molecule has 0 aliphatic carbocycles. The summed E-state index contributed by atoms with van der Waals surface area (Å²) in [5.74, 6) is 0. The lowest BCUT2D eigenvalue weighted by Gasteiger charge is -2.33. The molecule has 1 aliphatic rings. The molecule has 7 heteroatoms. The van der Waals surface area contributed by atoms with Gasteiger partial charge in [0.05, 0.1) is 12.7 Å². The van der Waals surface area contributed by atoms with Crippen LogP contribution >= 0.6 is 11.3 Å². The zero-order chi connectivity index (χ0) is 17.4. The summed E-state index contributed by atoms with van der Waals surface area (Å²) >= 11 is 1.67. The van der Waals surface area contributed by atoms with E-state index in [4.69, 9.17) is 4.74 Å². The molecule has 2 rings (SSSR count). The van der Waals surface area contributed by atoms with Gasteiger partial charge in [0.1, 0.15) is 18.3 Å². The SMILES string of the molecule is OC[C@@H](O)[C@H]1OCCCCCCN(Cc2cccs2)C[C@H](O)[C@H]1O. The fraction of sp³-hybridized carbons (Fsp3) is 0.765. The Labute approximate surface area is 147 Å². The van der Waals surface area contributed by atoms with Gasteiger partial charge in [-0.2, -0.15) is 0 Å². The van der Waals surface area contributed by atoms with Gasteiger partial charge in [-0.05, 0) is 30.8 Å². The molecular weight excluding hydrogens is 330 g/mol. The number of ether oxygens (including phenoxy) is 1. The standard InChI is InChI=1S/C17H29NO5S/c19-12-15(21)17-16(22)14(20)11-18(10-13-6-5-9-24-13)7-3-1-2-4-8-23-17/h5-6,9,14-17,19-22H,1-4,7-8,10-12H2/t14-,15+,16+,17+/m0/s1. The molecule has 0 bridgehead atoms. The second kappa shape index (κ2) is 10.5. The molecule has 1 aromatic rings. The highest BCUT2D eigenvalue weighted by molar-refractivity contribution is 7.09. The predicted octanol–water partition coefficient (Wildman–Crippen LogP) is 0.584. The van der Waals surface area contributed by atoms with E-state index in [2.05, 4.69) is 11.0 Å². The van der Waals surface area contributed by atoms with Gasteiger partial charge in [-0.1, -0.05) is 18.9 Å². The number of nitrogens with zero attached hydrogens (tertiary/aromatic N) is 1. The molecule has 0 aromatic carbocycles. The molecular formula is C17H29NO5S. The molecule has 0 spiro atoms. The fourth-order valence-corrected chi connectivity index (χ4v) is 3.75. The van der Waals surface area contributed by atoms with Gasteiger partial charge in [-0.25, -0.2) is 0 Å². The quantitative estimate of drug-likeness (QED) is 0.629. The predicted molar refractivity (Wildman–Crippen MR) is 92.9 cm³/mol. The highest BCUT2D eigenvalue weighted by atomic mass is 32.1. The summed E-state index contributed by atoms with van der Waals surface area (Å²) in [7, 11) is 0. The number of hydrogen-bond donors (Lipinski definition) is 4. The molecule has 4 atom stereocenters. The number of hydrogen-bond acceptors (Lipinski definition) is 7. The first-order valence-electron chi connectivity index (χ1n) is 8.63. The molecule has 0 unspecified atom stereocenters. The number of rotatable bonds is 4. The highest BCUT2D eigenvalue weighted by Crippen LogP contribution is 2.17. The van der Waals surface area contributed by atoms with Crippen LogP contribution in [0.3, 0.4) is 0 Å². The summed E-state index contributed by atoms with van der Waals surface area (Å²) in [6, 6.07) is 4.06. The zero-order valence-electron chi connectivity index (χ0n) is 14.0. The van der Waals surface area contributed by atoms with Crippen LogP contribution in [0.15, 0.2) is 17.5 Å². The Morgan fingerprint density at radius 3 is 2.75 bits per heavy atom. The van der Waals surface area contributed by atoms with Gasteiger partial charge in [0, 0.05) is 24.6 Å². The molecule has 24 heavy (non-hydrogen) atoms. The Morgan fingerprint density at radius 2 is 2.04 bits per heavy atom. The average molecular weight is 359 g/mol. The zero-order valence-corrected chi connectivity index (χ0v) is 14.8. The van der Waals surface area contributed by atoms with Gasteiger partial charge in [0.2, 0.25) is 0 Å². The first-order valence-corrected chi connectivity index (χ1v) is 9.51. The third-order valence-corrected chi connectivity index (χ3v) is 5.24.